The number of aryl methyl sites for hydroxylation is 2. The fourth-order valence-corrected chi connectivity index (χ4v) is 2.76. The number of anilines is 2. The van der Waals surface area contributed by atoms with Crippen LogP contribution in [0.15, 0.2) is 30.6 Å². The number of amides is 1. The van der Waals surface area contributed by atoms with Crippen molar-refractivity contribution in [1.29, 1.82) is 0 Å². The highest BCUT2D eigenvalue weighted by atomic mass is 19.1. The molecule has 3 rings (SSSR count). The van der Waals surface area contributed by atoms with Crippen LogP contribution in [0.2, 0.25) is 0 Å². The van der Waals surface area contributed by atoms with E-state index in [9.17, 15) is 9.18 Å². The lowest BCUT2D eigenvalue weighted by molar-refractivity contribution is 0.0951. The van der Waals surface area contributed by atoms with E-state index in [0.29, 0.717) is 11.9 Å². The largest absolute Gasteiger partial charge is 0.396 e. The predicted molar refractivity (Wildman–Crippen MR) is 99.1 cm³/mol. The summed E-state index contributed by atoms with van der Waals surface area (Å²) >= 11 is 0. The molecule has 0 aliphatic carbocycles. The minimum atomic E-state index is -0.736. The maximum absolute atomic E-state index is 15.1. The van der Waals surface area contributed by atoms with Crippen molar-refractivity contribution < 1.29 is 18.7 Å². The van der Waals surface area contributed by atoms with E-state index in [2.05, 4.69) is 15.6 Å². The summed E-state index contributed by atoms with van der Waals surface area (Å²) in [6.45, 7) is 1.90. The zero-order chi connectivity index (χ0) is 19.6. The Morgan fingerprint density at radius 3 is 2.78 bits per heavy atom. The zero-order valence-corrected chi connectivity index (χ0v) is 15.0. The van der Waals surface area contributed by atoms with E-state index in [-0.39, 0.29) is 35.6 Å². The molecule has 2 aromatic carbocycles. The molecular weight excluding hydrogens is 354 g/mol. The van der Waals surface area contributed by atoms with Gasteiger partial charge in [-0.25, -0.2) is 13.8 Å². The number of aliphatic hydroxyl groups is 1. The third kappa shape index (κ3) is 3.75. The van der Waals surface area contributed by atoms with Gasteiger partial charge >= 0.3 is 0 Å². The Hall–Kier alpha value is -3.00. The molecule has 3 N–H and O–H groups in total. The van der Waals surface area contributed by atoms with Crippen LogP contribution in [-0.2, 0) is 7.05 Å². The second-order valence-corrected chi connectivity index (χ2v) is 6.28. The van der Waals surface area contributed by atoms with Crippen molar-refractivity contribution in [3.8, 4) is 0 Å². The van der Waals surface area contributed by atoms with Gasteiger partial charge in [-0.3, -0.25) is 4.79 Å². The van der Waals surface area contributed by atoms with Crippen LogP contribution in [0.5, 0.6) is 0 Å². The molecule has 0 saturated carbocycles. The molecule has 0 fully saturated rings. The number of aromatic nitrogens is 2. The summed E-state index contributed by atoms with van der Waals surface area (Å²) in [5.74, 6) is -1.82. The molecule has 1 heterocycles. The van der Waals surface area contributed by atoms with Gasteiger partial charge in [-0.15, -0.1) is 0 Å². The molecule has 0 atom stereocenters. The molecule has 0 saturated heterocycles. The van der Waals surface area contributed by atoms with Gasteiger partial charge in [-0.1, -0.05) is 6.07 Å². The molecule has 0 bridgehead atoms. The number of carbonyl (C=O) groups excluding carboxylic acids is 1. The van der Waals surface area contributed by atoms with Crippen molar-refractivity contribution in [2.24, 2.45) is 7.05 Å². The molecule has 1 aromatic heterocycles. The molecule has 0 aliphatic heterocycles. The van der Waals surface area contributed by atoms with Gasteiger partial charge in [0.2, 0.25) is 0 Å². The van der Waals surface area contributed by atoms with E-state index in [1.165, 1.54) is 24.5 Å². The van der Waals surface area contributed by atoms with E-state index in [4.69, 9.17) is 5.11 Å². The lowest BCUT2D eigenvalue weighted by Gasteiger charge is -2.15. The molecule has 0 aliphatic rings. The minimum Gasteiger partial charge on any atom is -0.396 e. The number of nitrogens with zero attached hydrogens (tertiary/aromatic N) is 2. The Kier molecular flexibility index (Phi) is 5.36. The molecule has 142 valence electrons. The van der Waals surface area contributed by atoms with Gasteiger partial charge < -0.3 is 20.3 Å². The number of fused-ring (bicyclic) bond motifs is 1. The van der Waals surface area contributed by atoms with Crippen LogP contribution in [0.3, 0.4) is 0 Å². The first kappa shape index (κ1) is 18.8. The highest BCUT2D eigenvalue weighted by molar-refractivity contribution is 6.04. The monoisotopic (exact) mass is 374 g/mol. The number of rotatable bonds is 6. The fourth-order valence-electron chi connectivity index (χ4n) is 2.76. The van der Waals surface area contributed by atoms with E-state index in [0.717, 1.165) is 5.56 Å². The van der Waals surface area contributed by atoms with Crippen molar-refractivity contribution in [1.82, 2.24) is 14.9 Å². The first-order valence-electron chi connectivity index (χ1n) is 8.48. The molecule has 8 heteroatoms. The number of benzene rings is 2. The van der Waals surface area contributed by atoms with E-state index >= 15 is 4.39 Å². The highest BCUT2D eigenvalue weighted by Crippen LogP contribution is 2.31. The van der Waals surface area contributed by atoms with Gasteiger partial charge in [-0.05, 0) is 37.1 Å². The van der Waals surface area contributed by atoms with Crippen molar-refractivity contribution in [3.05, 3.63) is 53.4 Å². The normalized spacial score (nSPS) is 11.0. The van der Waals surface area contributed by atoms with Crippen LogP contribution in [-0.4, -0.2) is 33.7 Å². The standard InChI is InChI=1S/C19H20F2N4O2/c1-11-4-5-14(13(20)8-11)24-17-12(19(27)22-6-3-7-26)9-15-18(16(17)21)23-10-25(15)2/h4-5,8-10,24,26H,3,6-7H2,1-2H3,(H,22,27). The van der Waals surface area contributed by atoms with Crippen LogP contribution < -0.4 is 10.6 Å². The van der Waals surface area contributed by atoms with Crippen molar-refractivity contribution in [3.63, 3.8) is 0 Å². The van der Waals surface area contributed by atoms with Crippen LogP contribution in [0.4, 0.5) is 20.2 Å². The first-order chi connectivity index (χ1) is 12.9. The second kappa shape index (κ2) is 7.71. The molecule has 6 nitrogen and oxygen atoms in total. The third-order valence-electron chi connectivity index (χ3n) is 4.21. The number of nitrogens with one attached hydrogen (secondary N) is 2. The average molecular weight is 374 g/mol. The van der Waals surface area contributed by atoms with Crippen LogP contribution in [0, 0.1) is 18.6 Å². The molecule has 0 radical (unpaired) electrons. The van der Waals surface area contributed by atoms with Crippen molar-refractivity contribution in [2.45, 2.75) is 13.3 Å². The Labute approximate surface area is 154 Å². The van der Waals surface area contributed by atoms with E-state index in [1.807, 2.05) is 0 Å². The van der Waals surface area contributed by atoms with Crippen LogP contribution in [0.25, 0.3) is 11.0 Å². The Morgan fingerprint density at radius 2 is 2.07 bits per heavy atom. The van der Waals surface area contributed by atoms with Gasteiger partial charge in [-0.2, -0.15) is 0 Å². The summed E-state index contributed by atoms with van der Waals surface area (Å²) in [6.07, 6.45) is 1.81. The highest BCUT2D eigenvalue weighted by Gasteiger charge is 2.22. The lowest BCUT2D eigenvalue weighted by atomic mass is 10.1. The zero-order valence-electron chi connectivity index (χ0n) is 15.0. The summed E-state index contributed by atoms with van der Waals surface area (Å²) in [7, 11) is 1.69. The minimum absolute atomic E-state index is 0.0292. The Morgan fingerprint density at radius 1 is 1.30 bits per heavy atom. The molecule has 1 amide bonds. The number of imidazole rings is 1. The average Bonchev–Trinajstić information content (AvgIpc) is 3.00. The number of hydrogen-bond donors (Lipinski definition) is 3. The quantitative estimate of drug-likeness (QED) is 0.580. The SMILES string of the molecule is Cc1ccc(Nc2c(C(=O)NCCCO)cc3c(ncn3C)c2F)c(F)c1. The van der Waals surface area contributed by atoms with Crippen molar-refractivity contribution in [2.75, 3.05) is 18.5 Å². The van der Waals surface area contributed by atoms with E-state index in [1.54, 1.807) is 24.6 Å². The molecule has 0 unspecified atom stereocenters. The summed E-state index contributed by atoms with van der Waals surface area (Å²) < 4.78 is 30.9. The number of aliphatic hydroxyl groups excluding tert-OH is 1. The number of halogens is 2. The number of hydrogen-bond acceptors (Lipinski definition) is 4. The van der Waals surface area contributed by atoms with Gasteiger partial charge in [0.25, 0.3) is 5.91 Å². The topological polar surface area (TPSA) is 79.2 Å². The van der Waals surface area contributed by atoms with E-state index < -0.39 is 17.5 Å². The van der Waals surface area contributed by atoms with Crippen LogP contribution in [0.1, 0.15) is 22.3 Å². The summed E-state index contributed by atoms with van der Waals surface area (Å²) in [4.78, 5) is 16.6. The molecule has 3 aromatic rings. The van der Waals surface area contributed by atoms with Crippen LogP contribution >= 0.6 is 0 Å². The van der Waals surface area contributed by atoms with Gasteiger partial charge in [0, 0.05) is 20.2 Å². The number of carbonyl (C=O) groups is 1. The summed E-state index contributed by atoms with van der Waals surface area (Å²) in [5.41, 5.74) is 1.18. The Balaban J connectivity index is 2.09. The maximum Gasteiger partial charge on any atom is 0.253 e. The van der Waals surface area contributed by atoms with Gasteiger partial charge in [0.15, 0.2) is 5.82 Å². The molecule has 27 heavy (non-hydrogen) atoms. The summed E-state index contributed by atoms with van der Waals surface area (Å²) in [5, 5.41) is 14.2. The second-order valence-electron chi connectivity index (χ2n) is 6.28. The van der Waals surface area contributed by atoms with Gasteiger partial charge in [0.1, 0.15) is 11.3 Å². The summed E-state index contributed by atoms with van der Waals surface area (Å²) in [6, 6.07) is 6.00. The van der Waals surface area contributed by atoms with Gasteiger partial charge in [0.05, 0.1) is 28.8 Å². The predicted octanol–water partition coefficient (Wildman–Crippen LogP) is 3.02. The maximum atomic E-state index is 15.1. The smallest absolute Gasteiger partial charge is 0.253 e. The first-order valence-corrected chi connectivity index (χ1v) is 8.48. The fraction of sp³-hybridized carbons (Fsp3) is 0.263. The van der Waals surface area contributed by atoms with Crippen molar-refractivity contribution >= 4 is 28.3 Å². The molecular formula is C19H20F2N4O2. The molecule has 0 spiro atoms. The Bertz CT molecular complexity index is 1000. The third-order valence-corrected chi connectivity index (χ3v) is 4.21. The lowest BCUT2D eigenvalue weighted by Crippen LogP contribution is -2.26.